The number of para-hydroxylation sites is 1. The number of ether oxygens (including phenoxy) is 1. The molecule has 166 valence electrons. The Morgan fingerprint density at radius 3 is 2.44 bits per heavy atom. The van der Waals surface area contributed by atoms with E-state index in [2.05, 4.69) is 11.9 Å². The lowest BCUT2D eigenvalue weighted by atomic mass is 10.1. The minimum Gasteiger partial charge on any atom is -0.464 e. The number of aryl methyl sites for hydroxylation is 2. The van der Waals surface area contributed by atoms with Crippen LogP contribution in [0.1, 0.15) is 47.9 Å². The number of methoxy groups -OCH3 is 1. The largest absolute Gasteiger partial charge is 0.464 e. The fourth-order valence-electron chi connectivity index (χ4n) is 4.04. The van der Waals surface area contributed by atoms with E-state index in [1.165, 1.54) is 17.1 Å². The van der Waals surface area contributed by atoms with Crippen LogP contribution in [0, 0.1) is 6.92 Å². The highest BCUT2D eigenvalue weighted by atomic mass is 32.2. The van der Waals surface area contributed by atoms with E-state index in [4.69, 9.17) is 4.74 Å². The van der Waals surface area contributed by atoms with Crippen molar-refractivity contribution in [3.05, 3.63) is 71.5 Å². The van der Waals surface area contributed by atoms with Crippen molar-refractivity contribution in [2.75, 3.05) is 7.11 Å². The molecular weight excluding hydrogens is 424 g/mol. The van der Waals surface area contributed by atoms with Crippen molar-refractivity contribution in [1.29, 1.82) is 0 Å². The molecule has 4 rings (SSSR count). The number of hydrogen-bond donors (Lipinski definition) is 0. The Morgan fingerprint density at radius 2 is 1.75 bits per heavy atom. The molecule has 0 spiro atoms. The topological polar surface area (TPSA) is 78.3 Å². The van der Waals surface area contributed by atoms with Crippen molar-refractivity contribution in [1.82, 2.24) is 8.96 Å². The third kappa shape index (κ3) is 3.77. The van der Waals surface area contributed by atoms with E-state index in [-0.39, 0.29) is 10.6 Å². The molecule has 0 amide bonds. The third-order valence-electron chi connectivity index (χ3n) is 5.66. The highest BCUT2D eigenvalue weighted by Gasteiger charge is 2.26. The van der Waals surface area contributed by atoms with Gasteiger partial charge in [-0.3, -0.25) is 0 Å². The molecule has 6 nitrogen and oxygen atoms in total. The summed E-state index contributed by atoms with van der Waals surface area (Å²) in [6.45, 7) is 4.03. The normalized spacial score (nSPS) is 11.8. The van der Waals surface area contributed by atoms with Crippen LogP contribution in [0.5, 0.6) is 0 Å². The molecule has 0 atom stereocenters. The zero-order valence-corrected chi connectivity index (χ0v) is 19.3. The Balaban J connectivity index is 2.08. The van der Waals surface area contributed by atoms with Gasteiger partial charge in [-0.2, -0.15) is 0 Å². The lowest BCUT2D eigenvalue weighted by molar-refractivity contribution is 0.0594. The minimum absolute atomic E-state index is 0.106. The Labute approximate surface area is 187 Å². The van der Waals surface area contributed by atoms with Gasteiger partial charge in [0.1, 0.15) is 0 Å². The highest BCUT2D eigenvalue weighted by molar-refractivity contribution is 7.90. The van der Waals surface area contributed by atoms with Crippen LogP contribution in [-0.4, -0.2) is 30.5 Å². The Kier molecular flexibility index (Phi) is 6.02. The van der Waals surface area contributed by atoms with Gasteiger partial charge in [0, 0.05) is 10.8 Å². The summed E-state index contributed by atoms with van der Waals surface area (Å²) in [6.07, 6.45) is 3.61. The van der Waals surface area contributed by atoms with Crippen LogP contribution in [-0.2, 0) is 21.2 Å². The molecule has 7 heteroatoms. The minimum atomic E-state index is -3.92. The molecule has 0 N–H and O–H groups in total. The number of rotatable bonds is 7. The summed E-state index contributed by atoms with van der Waals surface area (Å²) < 4.78 is 33.8. The zero-order chi connectivity index (χ0) is 22.9. The van der Waals surface area contributed by atoms with Gasteiger partial charge < -0.3 is 4.74 Å². The van der Waals surface area contributed by atoms with Crippen molar-refractivity contribution in [2.24, 2.45) is 0 Å². The number of hydrogen-bond acceptors (Lipinski definition) is 5. The third-order valence-corrected chi connectivity index (χ3v) is 7.40. The average Bonchev–Trinajstić information content (AvgIpc) is 3.14. The molecule has 0 aliphatic heterocycles. The fourth-order valence-corrected chi connectivity index (χ4v) is 5.55. The zero-order valence-electron chi connectivity index (χ0n) is 18.5. The van der Waals surface area contributed by atoms with Crippen LogP contribution in [0.2, 0.25) is 0 Å². The van der Waals surface area contributed by atoms with Gasteiger partial charge in [-0.1, -0.05) is 55.7 Å². The SMILES string of the molecule is CCCCCc1nc(C(=O)OC)cc2c1c1ccccc1n2S(=O)(=O)c1ccc(C)cc1. The van der Waals surface area contributed by atoms with Crippen molar-refractivity contribution in [3.63, 3.8) is 0 Å². The lowest BCUT2D eigenvalue weighted by Gasteiger charge is -2.11. The second-order valence-electron chi connectivity index (χ2n) is 7.90. The van der Waals surface area contributed by atoms with Gasteiger partial charge in [-0.25, -0.2) is 22.2 Å². The van der Waals surface area contributed by atoms with E-state index in [1.54, 1.807) is 30.3 Å². The first-order chi connectivity index (χ1) is 15.4. The van der Waals surface area contributed by atoms with E-state index in [9.17, 15) is 13.2 Å². The van der Waals surface area contributed by atoms with E-state index < -0.39 is 16.0 Å². The fraction of sp³-hybridized carbons (Fsp3) is 0.280. The molecule has 0 saturated carbocycles. The van der Waals surface area contributed by atoms with Crippen molar-refractivity contribution in [3.8, 4) is 0 Å². The van der Waals surface area contributed by atoms with Gasteiger partial charge in [0.2, 0.25) is 0 Å². The monoisotopic (exact) mass is 450 g/mol. The van der Waals surface area contributed by atoms with Crippen LogP contribution in [0.15, 0.2) is 59.5 Å². The van der Waals surface area contributed by atoms with Gasteiger partial charge >= 0.3 is 5.97 Å². The van der Waals surface area contributed by atoms with Crippen LogP contribution < -0.4 is 0 Å². The molecule has 0 bridgehead atoms. The molecule has 0 unspecified atom stereocenters. The molecular formula is C25H26N2O4S. The lowest BCUT2D eigenvalue weighted by Crippen LogP contribution is -2.14. The van der Waals surface area contributed by atoms with Crippen LogP contribution >= 0.6 is 0 Å². The van der Waals surface area contributed by atoms with Crippen molar-refractivity contribution >= 4 is 37.8 Å². The Bertz CT molecular complexity index is 1400. The number of nitrogens with zero attached hydrogens (tertiary/aromatic N) is 2. The van der Waals surface area contributed by atoms with Crippen molar-refractivity contribution in [2.45, 2.75) is 44.4 Å². The predicted molar refractivity (Wildman–Crippen MR) is 126 cm³/mol. The van der Waals surface area contributed by atoms with Gasteiger partial charge in [0.15, 0.2) is 5.69 Å². The number of unbranched alkanes of at least 4 members (excludes halogenated alkanes) is 2. The second-order valence-corrected chi connectivity index (χ2v) is 9.68. The van der Waals surface area contributed by atoms with E-state index >= 15 is 0 Å². The van der Waals surface area contributed by atoms with Crippen LogP contribution in [0.25, 0.3) is 21.8 Å². The Hall–Kier alpha value is -3.19. The summed E-state index contributed by atoms with van der Waals surface area (Å²) >= 11 is 0. The first kappa shape index (κ1) is 22.0. The van der Waals surface area contributed by atoms with Gasteiger partial charge in [-0.05, 0) is 44.0 Å². The molecule has 2 aromatic carbocycles. The molecule has 2 aromatic heterocycles. The summed E-state index contributed by atoms with van der Waals surface area (Å²) in [6, 6.07) is 15.7. The molecule has 0 fully saturated rings. The van der Waals surface area contributed by atoms with E-state index in [1.807, 2.05) is 25.1 Å². The number of pyridine rings is 1. The van der Waals surface area contributed by atoms with E-state index in [0.717, 1.165) is 35.6 Å². The molecule has 0 radical (unpaired) electrons. The Morgan fingerprint density at radius 1 is 1.03 bits per heavy atom. The maximum absolute atomic E-state index is 13.8. The molecule has 4 aromatic rings. The smallest absolute Gasteiger partial charge is 0.356 e. The molecule has 0 aliphatic carbocycles. The molecule has 0 aliphatic rings. The average molecular weight is 451 g/mol. The number of benzene rings is 2. The standard InChI is InChI=1S/C25H26N2O4S/c1-4-5-6-10-20-24-19-9-7-8-11-22(19)27(23(24)16-21(26-20)25(28)31-3)32(29,30)18-14-12-17(2)13-15-18/h7-9,11-16H,4-6,10H2,1-3H3. The maximum atomic E-state index is 13.8. The summed E-state index contributed by atoms with van der Waals surface area (Å²) in [5.41, 5.74) is 2.79. The highest BCUT2D eigenvalue weighted by Crippen LogP contribution is 2.35. The van der Waals surface area contributed by atoms with E-state index in [0.29, 0.717) is 23.1 Å². The predicted octanol–water partition coefficient (Wildman–Crippen LogP) is 5.25. The number of fused-ring (bicyclic) bond motifs is 3. The van der Waals surface area contributed by atoms with Crippen LogP contribution in [0.4, 0.5) is 0 Å². The van der Waals surface area contributed by atoms with Gasteiger partial charge in [0.25, 0.3) is 10.0 Å². The van der Waals surface area contributed by atoms with Gasteiger partial charge in [0.05, 0.1) is 28.7 Å². The van der Waals surface area contributed by atoms with Crippen molar-refractivity contribution < 1.29 is 17.9 Å². The molecule has 0 saturated heterocycles. The number of esters is 1. The number of carbonyl (C=O) groups excluding carboxylic acids is 1. The maximum Gasteiger partial charge on any atom is 0.356 e. The summed E-state index contributed by atoms with van der Waals surface area (Å²) in [5, 5.41) is 1.56. The second kappa shape index (κ2) is 8.74. The number of aromatic nitrogens is 2. The summed E-state index contributed by atoms with van der Waals surface area (Å²) in [4.78, 5) is 17.2. The quantitative estimate of drug-likeness (QED) is 0.284. The summed E-state index contributed by atoms with van der Waals surface area (Å²) in [5.74, 6) is -0.590. The number of carbonyl (C=O) groups is 1. The first-order valence-electron chi connectivity index (χ1n) is 10.7. The van der Waals surface area contributed by atoms with Crippen LogP contribution in [0.3, 0.4) is 0 Å². The van der Waals surface area contributed by atoms with Gasteiger partial charge in [-0.15, -0.1) is 0 Å². The molecule has 2 heterocycles. The summed E-state index contributed by atoms with van der Waals surface area (Å²) in [7, 11) is -2.62. The first-order valence-corrected chi connectivity index (χ1v) is 12.2. The molecule has 32 heavy (non-hydrogen) atoms.